The van der Waals surface area contributed by atoms with E-state index in [1.54, 1.807) is 6.07 Å². The van der Waals surface area contributed by atoms with E-state index < -0.39 is 4.92 Å². The Kier molecular flexibility index (Phi) is 4.28. The van der Waals surface area contributed by atoms with E-state index in [1.807, 2.05) is 30.3 Å². The number of rotatable bonds is 5. The summed E-state index contributed by atoms with van der Waals surface area (Å²) in [5.41, 5.74) is 1.18. The van der Waals surface area contributed by atoms with Crippen molar-refractivity contribution in [2.24, 2.45) is 0 Å². The number of para-hydroxylation sites is 1. The number of amides is 1. The van der Waals surface area contributed by atoms with Crippen LogP contribution in [-0.2, 0) is 4.79 Å². The molecular weight excluding hydrogens is 258 g/mol. The number of non-ortho nitro benzene ring substituents is 1. The molecule has 1 amide bonds. The van der Waals surface area contributed by atoms with Crippen LogP contribution in [0.3, 0.4) is 0 Å². The van der Waals surface area contributed by atoms with Crippen LogP contribution in [0.5, 0.6) is 0 Å². The van der Waals surface area contributed by atoms with Gasteiger partial charge in [0.25, 0.3) is 5.69 Å². The average molecular weight is 271 g/mol. The van der Waals surface area contributed by atoms with Gasteiger partial charge in [-0.3, -0.25) is 14.9 Å². The molecule has 0 saturated carbocycles. The summed E-state index contributed by atoms with van der Waals surface area (Å²) in [5, 5.41) is 16.2. The number of carbonyl (C=O) groups is 1. The highest BCUT2D eigenvalue weighted by Gasteiger charge is 2.07. The minimum absolute atomic E-state index is 0.0566. The van der Waals surface area contributed by atoms with Crippen LogP contribution in [0.1, 0.15) is 0 Å². The fourth-order valence-electron chi connectivity index (χ4n) is 1.64. The van der Waals surface area contributed by atoms with Gasteiger partial charge in [-0.2, -0.15) is 0 Å². The molecule has 6 nitrogen and oxygen atoms in total. The molecular formula is C14H13N3O3. The largest absolute Gasteiger partial charge is 0.376 e. The molecule has 0 aliphatic heterocycles. The topological polar surface area (TPSA) is 84.3 Å². The predicted octanol–water partition coefficient (Wildman–Crippen LogP) is 2.65. The van der Waals surface area contributed by atoms with E-state index in [-0.39, 0.29) is 18.1 Å². The lowest BCUT2D eigenvalue weighted by molar-refractivity contribution is -0.384. The summed E-state index contributed by atoms with van der Waals surface area (Å²) in [6.45, 7) is 0.0900. The summed E-state index contributed by atoms with van der Waals surface area (Å²) in [6.07, 6.45) is 0. The molecule has 2 rings (SSSR count). The molecule has 0 aromatic heterocycles. The van der Waals surface area contributed by atoms with E-state index in [4.69, 9.17) is 0 Å². The third-order valence-electron chi connectivity index (χ3n) is 2.57. The van der Waals surface area contributed by atoms with Crippen LogP contribution in [-0.4, -0.2) is 17.4 Å². The van der Waals surface area contributed by atoms with Gasteiger partial charge in [-0.05, 0) is 18.2 Å². The molecule has 2 N–H and O–H groups in total. The third kappa shape index (κ3) is 3.81. The zero-order valence-corrected chi connectivity index (χ0v) is 10.6. The highest BCUT2D eigenvalue weighted by atomic mass is 16.6. The van der Waals surface area contributed by atoms with Crippen molar-refractivity contribution in [2.75, 3.05) is 17.2 Å². The second kappa shape index (κ2) is 6.33. The molecule has 0 spiro atoms. The zero-order valence-electron chi connectivity index (χ0n) is 10.6. The molecule has 0 unspecified atom stereocenters. The third-order valence-corrected chi connectivity index (χ3v) is 2.57. The first-order valence-corrected chi connectivity index (χ1v) is 5.98. The normalized spacial score (nSPS) is 9.80. The van der Waals surface area contributed by atoms with Crippen LogP contribution in [0.2, 0.25) is 0 Å². The van der Waals surface area contributed by atoms with Crippen LogP contribution in [0.25, 0.3) is 0 Å². The Balaban J connectivity index is 1.91. The van der Waals surface area contributed by atoms with Gasteiger partial charge in [0, 0.05) is 23.5 Å². The molecule has 0 aliphatic carbocycles. The molecule has 0 aliphatic rings. The first kappa shape index (κ1) is 13.5. The standard InChI is InChI=1S/C14H13N3O3/c18-14(10-15-11-5-2-1-3-6-11)16-12-7-4-8-13(9-12)17(19)20/h1-9,15H,10H2,(H,16,18). The predicted molar refractivity (Wildman–Crippen MR) is 76.7 cm³/mol. The number of nitro groups is 1. The molecule has 0 saturated heterocycles. The van der Waals surface area contributed by atoms with E-state index in [1.165, 1.54) is 18.2 Å². The number of carbonyl (C=O) groups excluding carboxylic acids is 1. The van der Waals surface area contributed by atoms with E-state index in [2.05, 4.69) is 10.6 Å². The maximum atomic E-state index is 11.7. The van der Waals surface area contributed by atoms with Gasteiger partial charge in [-0.15, -0.1) is 0 Å². The summed E-state index contributed by atoms with van der Waals surface area (Å²) in [4.78, 5) is 21.9. The van der Waals surface area contributed by atoms with E-state index >= 15 is 0 Å². The van der Waals surface area contributed by atoms with Gasteiger partial charge >= 0.3 is 0 Å². The molecule has 20 heavy (non-hydrogen) atoms. The SMILES string of the molecule is O=C(CNc1ccccc1)Nc1cccc([N+](=O)[O-])c1. The lowest BCUT2D eigenvalue weighted by Gasteiger charge is -2.07. The van der Waals surface area contributed by atoms with Crippen molar-refractivity contribution in [3.63, 3.8) is 0 Å². The molecule has 102 valence electrons. The van der Waals surface area contributed by atoms with E-state index in [0.717, 1.165) is 5.69 Å². The second-order valence-corrected chi connectivity index (χ2v) is 4.08. The van der Waals surface area contributed by atoms with Gasteiger partial charge in [-0.25, -0.2) is 0 Å². The Hall–Kier alpha value is -2.89. The highest BCUT2D eigenvalue weighted by molar-refractivity contribution is 5.94. The average Bonchev–Trinajstić information content (AvgIpc) is 2.46. The Morgan fingerprint density at radius 2 is 1.75 bits per heavy atom. The van der Waals surface area contributed by atoms with Crippen LogP contribution in [0.15, 0.2) is 54.6 Å². The highest BCUT2D eigenvalue weighted by Crippen LogP contribution is 2.16. The number of nitrogens with zero attached hydrogens (tertiary/aromatic N) is 1. The number of anilines is 2. The second-order valence-electron chi connectivity index (χ2n) is 4.08. The lowest BCUT2D eigenvalue weighted by Crippen LogP contribution is -2.21. The molecule has 0 heterocycles. The molecule has 2 aromatic rings. The number of nitrogens with one attached hydrogen (secondary N) is 2. The Labute approximate surface area is 115 Å². The minimum Gasteiger partial charge on any atom is -0.376 e. The monoisotopic (exact) mass is 271 g/mol. The maximum Gasteiger partial charge on any atom is 0.271 e. The smallest absolute Gasteiger partial charge is 0.271 e. The number of benzene rings is 2. The Bertz CT molecular complexity index is 614. The fraction of sp³-hybridized carbons (Fsp3) is 0.0714. The molecule has 0 bridgehead atoms. The van der Waals surface area contributed by atoms with Crippen molar-refractivity contribution in [3.8, 4) is 0 Å². The van der Waals surface area contributed by atoms with Crippen molar-refractivity contribution in [2.45, 2.75) is 0 Å². The van der Waals surface area contributed by atoms with Gasteiger partial charge in [0.1, 0.15) is 0 Å². The van der Waals surface area contributed by atoms with Crippen LogP contribution >= 0.6 is 0 Å². The maximum absolute atomic E-state index is 11.7. The summed E-state index contributed by atoms with van der Waals surface area (Å²) >= 11 is 0. The van der Waals surface area contributed by atoms with Crippen molar-refractivity contribution in [3.05, 3.63) is 64.7 Å². The number of hydrogen-bond donors (Lipinski definition) is 2. The first-order chi connectivity index (χ1) is 9.65. The van der Waals surface area contributed by atoms with Gasteiger partial charge < -0.3 is 10.6 Å². The lowest BCUT2D eigenvalue weighted by atomic mass is 10.3. The quantitative estimate of drug-likeness (QED) is 0.646. The van der Waals surface area contributed by atoms with Crippen molar-refractivity contribution < 1.29 is 9.72 Å². The zero-order chi connectivity index (χ0) is 14.4. The number of hydrogen-bond acceptors (Lipinski definition) is 4. The van der Waals surface area contributed by atoms with Gasteiger partial charge in [0.2, 0.25) is 5.91 Å². The van der Waals surface area contributed by atoms with Crippen LogP contribution < -0.4 is 10.6 Å². The minimum atomic E-state index is -0.502. The summed E-state index contributed by atoms with van der Waals surface area (Å²) in [7, 11) is 0. The van der Waals surface area contributed by atoms with Crippen molar-refractivity contribution >= 4 is 23.0 Å². The molecule has 0 radical (unpaired) electrons. The first-order valence-electron chi connectivity index (χ1n) is 5.98. The fourth-order valence-corrected chi connectivity index (χ4v) is 1.64. The van der Waals surface area contributed by atoms with Crippen LogP contribution in [0.4, 0.5) is 17.1 Å². The summed E-state index contributed by atoms with van der Waals surface area (Å²) < 4.78 is 0. The number of nitro benzene ring substituents is 1. The summed E-state index contributed by atoms with van der Waals surface area (Å²) in [6, 6.07) is 15.1. The van der Waals surface area contributed by atoms with Crippen LogP contribution in [0, 0.1) is 10.1 Å². The van der Waals surface area contributed by atoms with Crippen molar-refractivity contribution in [1.82, 2.24) is 0 Å². The van der Waals surface area contributed by atoms with Gasteiger partial charge in [-0.1, -0.05) is 24.3 Å². The van der Waals surface area contributed by atoms with E-state index in [9.17, 15) is 14.9 Å². The molecule has 6 heteroatoms. The molecule has 2 aromatic carbocycles. The Morgan fingerprint density at radius 1 is 1.05 bits per heavy atom. The van der Waals surface area contributed by atoms with Gasteiger partial charge in [0.05, 0.1) is 11.5 Å². The Morgan fingerprint density at radius 3 is 2.45 bits per heavy atom. The summed E-state index contributed by atoms with van der Waals surface area (Å²) in [5.74, 6) is -0.269. The van der Waals surface area contributed by atoms with Crippen molar-refractivity contribution in [1.29, 1.82) is 0 Å². The molecule has 0 fully saturated rings. The van der Waals surface area contributed by atoms with Gasteiger partial charge in [0.15, 0.2) is 0 Å². The molecule has 0 atom stereocenters. The van der Waals surface area contributed by atoms with E-state index in [0.29, 0.717) is 5.69 Å².